The third kappa shape index (κ3) is 6.65. The van der Waals surface area contributed by atoms with E-state index in [0.29, 0.717) is 31.7 Å². The van der Waals surface area contributed by atoms with Gasteiger partial charge in [0.1, 0.15) is 0 Å². The van der Waals surface area contributed by atoms with Gasteiger partial charge in [-0.3, -0.25) is 9.78 Å². The summed E-state index contributed by atoms with van der Waals surface area (Å²) in [5.74, 6) is 0.570. The summed E-state index contributed by atoms with van der Waals surface area (Å²) in [6.45, 7) is 5.46. The molecule has 36 heavy (non-hydrogen) atoms. The van der Waals surface area contributed by atoms with Gasteiger partial charge in [0.2, 0.25) is 5.95 Å². The fourth-order valence-corrected chi connectivity index (χ4v) is 4.42. The van der Waals surface area contributed by atoms with Crippen molar-refractivity contribution < 1.29 is 14.6 Å². The molecular formula is C28H35N5O3. The number of hydrogen-bond donors (Lipinski definition) is 2. The van der Waals surface area contributed by atoms with Crippen molar-refractivity contribution in [1.29, 1.82) is 0 Å². The number of aryl methyl sites for hydroxylation is 2. The molecule has 190 valence electrons. The van der Waals surface area contributed by atoms with Crippen LogP contribution in [0.5, 0.6) is 0 Å². The minimum Gasteiger partial charge on any atom is -0.396 e. The molecule has 1 fully saturated rings. The van der Waals surface area contributed by atoms with Gasteiger partial charge in [0.15, 0.2) is 0 Å². The lowest BCUT2D eigenvalue weighted by molar-refractivity contribution is 0.0951. The van der Waals surface area contributed by atoms with E-state index in [4.69, 9.17) is 19.8 Å². The molecule has 1 amide bonds. The molecular weight excluding hydrogens is 454 g/mol. The van der Waals surface area contributed by atoms with Crippen molar-refractivity contribution in [2.45, 2.75) is 39.0 Å². The second kappa shape index (κ2) is 13.1. The molecule has 3 heterocycles. The summed E-state index contributed by atoms with van der Waals surface area (Å²) in [5.41, 5.74) is 5.77. The molecule has 0 radical (unpaired) electrons. The van der Waals surface area contributed by atoms with E-state index in [-0.39, 0.29) is 12.5 Å². The van der Waals surface area contributed by atoms with Crippen molar-refractivity contribution in [3.05, 3.63) is 71.2 Å². The van der Waals surface area contributed by atoms with Gasteiger partial charge in [-0.2, -0.15) is 0 Å². The molecule has 0 saturated carbocycles. The lowest BCUT2D eigenvalue weighted by Gasteiger charge is -2.28. The Hall–Kier alpha value is -3.36. The van der Waals surface area contributed by atoms with Crippen LogP contribution in [0.4, 0.5) is 5.95 Å². The van der Waals surface area contributed by atoms with E-state index in [1.807, 2.05) is 36.5 Å². The Kier molecular flexibility index (Phi) is 9.35. The Labute approximate surface area is 212 Å². The molecule has 3 aromatic rings. The number of amides is 1. The first-order chi connectivity index (χ1) is 17.7. The van der Waals surface area contributed by atoms with Gasteiger partial charge in [0.25, 0.3) is 5.91 Å². The molecule has 2 aromatic heterocycles. The quantitative estimate of drug-likeness (QED) is 0.399. The summed E-state index contributed by atoms with van der Waals surface area (Å²) in [4.78, 5) is 29.1. The van der Waals surface area contributed by atoms with Crippen LogP contribution < -0.4 is 10.2 Å². The van der Waals surface area contributed by atoms with Crippen LogP contribution in [0.1, 0.15) is 46.9 Å². The van der Waals surface area contributed by atoms with Gasteiger partial charge in [0.05, 0.1) is 18.9 Å². The summed E-state index contributed by atoms with van der Waals surface area (Å²) in [6, 6.07) is 11.7. The molecule has 4 rings (SSSR count). The van der Waals surface area contributed by atoms with Crippen LogP contribution in [0.25, 0.3) is 11.3 Å². The molecule has 0 spiro atoms. The number of carbonyl (C=O) groups excluding carboxylic acids is 1. The highest BCUT2D eigenvalue weighted by molar-refractivity contribution is 5.95. The molecule has 0 atom stereocenters. The predicted molar refractivity (Wildman–Crippen MR) is 140 cm³/mol. The molecule has 1 aliphatic heterocycles. The zero-order chi connectivity index (χ0) is 25.2. The molecule has 0 unspecified atom stereocenters. The number of nitrogens with zero attached hydrogens (tertiary/aromatic N) is 4. The first kappa shape index (κ1) is 25.7. The molecule has 8 nitrogen and oxygen atoms in total. The normalized spacial score (nSPS) is 13.6. The van der Waals surface area contributed by atoms with E-state index >= 15 is 0 Å². The predicted octanol–water partition coefficient (Wildman–Crippen LogP) is 3.23. The van der Waals surface area contributed by atoms with Gasteiger partial charge >= 0.3 is 0 Å². The molecule has 1 aromatic carbocycles. The molecule has 1 saturated heterocycles. The first-order valence-corrected chi connectivity index (χ1v) is 12.8. The van der Waals surface area contributed by atoms with Crippen LogP contribution in [-0.4, -0.2) is 65.4 Å². The highest BCUT2D eigenvalue weighted by Crippen LogP contribution is 2.29. The number of morpholine rings is 1. The lowest BCUT2D eigenvalue weighted by Crippen LogP contribution is -2.37. The minimum atomic E-state index is -0.151. The summed E-state index contributed by atoms with van der Waals surface area (Å²) in [6.07, 6.45) is 7.75. The smallest absolute Gasteiger partial charge is 0.251 e. The number of aliphatic hydroxyl groups excluding tert-OH is 1. The Morgan fingerprint density at radius 2 is 1.97 bits per heavy atom. The monoisotopic (exact) mass is 489 g/mol. The van der Waals surface area contributed by atoms with E-state index < -0.39 is 0 Å². The number of benzene rings is 1. The maximum absolute atomic E-state index is 12.7. The second-order valence-corrected chi connectivity index (χ2v) is 8.88. The number of pyridine rings is 1. The largest absolute Gasteiger partial charge is 0.396 e. The third-order valence-electron chi connectivity index (χ3n) is 6.34. The number of carbonyl (C=O) groups is 1. The fourth-order valence-electron chi connectivity index (χ4n) is 4.42. The summed E-state index contributed by atoms with van der Waals surface area (Å²) >= 11 is 0. The highest BCUT2D eigenvalue weighted by Gasteiger charge is 2.21. The summed E-state index contributed by atoms with van der Waals surface area (Å²) < 4.78 is 5.53. The van der Waals surface area contributed by atoms with Crippen LogP contribution in [0.3, 0.4) is 0 Å². The van der Waals surface area contributed by atoms with Gasteiger partial charge in [-0.05, 0) is 55.9 Å². The topological polar surface area (TPSA) is 100 Å². The van der Waals surface area contributed by atoms with E-state index in [1.165, 1.54) is 5.56 Å². The maximum atomic E-state index is 12.7. The average molecular weight is 490 g/mol. The van der Waals surface area contributed by atoms with Gasteiger partial charge in [-0.1, -0.05) is 25.1 Å². The zero-order valence-corrected chi connectivity index (χ0v) is 20.9. The number of nitrogens with one attached hydrogen (secondary N) is 1. The van der Waals surface area contributed by atoms with Gasteiger partial charge in [-0.15, -0.1) is 0 Å². The van der Waals surface area contributed by atoms with Crippen LogP contribution in [0, 0.1) is 0 Å². The fraction of sp³-hybridized carbons (Fsp3) is 0.429. The number of ether oxygens (including phenoxy) is 1. The Morgan fingerprint density at radius 3 is 2.72 bits per heavy atom. The van der Waals surface area contributed by atoms with Crippen molar-refractivity contribution in [2.24, 2.45) is 0 Å². The van der Waals surface area contributed by atoms with E-state index in [2.05, 4.69) is 28.2 Å². The average Bonchev–Trinajstić information content (AvgIpc) is 2.94. The SMILES string of the molecule is CCc1nc(N2CCOCC2)nc(-c2cccc(C(=O)NCCCO)c2)c1CCCc1cccnc1. The number of rotatable bonds is 11. The Balaban J connectivity index is 1.67. The standard InChI is InChI=1S/C28H35N5O3/c1-2-25-24(11-3-7-21-8-5-12-29-20-21)26(32-28(31-25)33-14-17-36-18-15-33)22-9-4-10-23(19-22)27(35)30-13-6-16-34/h4-5,8-10,12,19-20,34H,2-3,6-7,11,13-18H2,1H3,(H,30,35). The molecule has 0 bridgehead atoms. The van der Waals surface area contributed by atoms with E-state index in [0.717, 1.165) is 67.2 Å². The van der Waals surface area contributed by atoms with Gasteiger partial charge in [0, 0.05) is 61.0 Å². The number of aromatic nitrogens is 3. The lowest BCUT2D eigenvalue weighted by atomic mass is 9.96. The van der Waals surface area contributed by atoms with Crippen molar-refractivity contribution in [1.82, 2.24) is 20.3 Å². The van der Waals surface area contributed by atoms with Crippen molar-refractivity contribution in [2.75, 3.05) is 44.4 Å². The van der Waals surface area contributed by atoms with Crippen LogP contribution >= 0.6 is 0 Å². The molecule has 1 aliphatic rings. The minimum absolute atomic E-state index is 0.0494. The zero-order valence-electron chi connectivity index (χ0n) is 20.9. The van der Waals surface area contributed by atoms with E-state index in [1.54, 1.807) is 6.20 Å². The van der Waals surface area contributed by atoms with Crippen molar-refractivity contribution in [3.63, 3.8) is 0 Å². The van der Waals surface area contributed by atoms with E-state index in [9.17, 15) is 4.79 Å². The Morgan fingerprint density at radius 1 is 1.11 bits per heavy atom. The molecule has 0 aliphatic carbocycles. The number of hydrogen-bond acceptors (Lipinski definition) is 7. The maximum Gasteiger partial charge on any atom is 0.251 e. The second-order valence-electron chi connectivity index (χ2n) is 8.88. The van der Waals surface area contributed by atoms with Gasteiger partial charge in [-0.25, -0.2) is 9.97 Å². The number of aliphatic hydroxyl groups is 1. The van der Waals surface area contributed by atoms with Crippen molar-refractivity contribution >= 4 is 11.9 Å². The van der Waals surface area contributed by atoms with Crippen LogP contribution in [0.2, 0.25) is 0 Å². The summed E-state index contributed by atoms with van der Waals surface area (Å²) in [5, 5.41) is 11.9. The van der Waals surface area contributed by atoms with Crippen LogP contribution in [-0.2, 0) is 24.0 Å². The summed E-state index contributed by atoms with van der Waals surface area (Å²) in [7, 11) is 0. The van der Waals surface area contributed by atoms with Gasteiger partial charge < -0.3 is 20.1 Å². The van der Waals surface area contributed by atoms with Crippen molar-refractivity contribution in [3.8, 4) is 11.3 Å². The third-order valence-corrected chi connectivity index (χ3v) is 6.34. The molecule has 8 heteroatoms. The first-order valence-electron chi connectivity index (χ1n) is 12.8. The Bertz CT molecular complexity index is 1130. The highest BCUT2D eigenvalue weighted by atomic mass is 16.5. The molecule has 2 N–H and O–H groups in total. The number of anilines is 1. The van der Waals surface area contributed by atoms with Crippen LogP contribution in [0.15, 0.2) is 48.8 Å².